The minimum Gasteiger partial charge on any atom is -0.339 e. The van der Waals surface area contributed by atoms with Gasteiger partial charge in [-0.15, -0.1) is 0 Å². The van der Waals surface area contributed by atoms with E-state index in [0.717, 1.165) is 12.0 Å². The number of benzene rings is 2. The number of nitrogens with zero attached hydrogens (tertiary/aromatic N) is 3. The van der Waals surface area contributed by atoms with Crippen LogP contribution in [0.2, 0.25) is 5.02 Å². The average Bonchev–Trinajstić information content (AvgIpc) is 3.57. The van der Waals surface area contributed by atoms with E-state index < -0.39 is 0 Å². The smallest absolute Gasteiger partial charge is 0.242 e. The van der Waals surface area contributed by atoms with Gasteiger partial charge < -0.3 is 4.90 Å². The van der Waals surface area contributed by atoms with E-state index in [0.29, 0.717) is 31.2 Å². The Morgan fingerprint density at radius 1 is 0.829 bits per heavy atom. The van der Waals surface area contributed by atoms with Crippen LogP contribution >= 0.6 is 11.6 Å². The van der Waals surface area contributed by atoms with Crippen molar-refractivity contribution >= 4 is 29.3 Å². The van der Waals surface area contributed by atoms with Crippen LogP contribution in [0.4, 0.5) is 0 Å². The number of allylic oxidation sites excluding steroid dienone is 2. The average molecular weight is 490 g/mol. The van der Waals surface area contributed by atoms with Gasteiger partial charge in [-0.05, 0) is 41.5 Å². The summed E-state index contributed by atoms with van der Waals surface area (Å²) in [6.07, 6.45) is 5.05. The Labute approximate surface area is 210 Å². The number of likely N-dealkylation sites (tertiary alicyclic amines) is 1. The second-order valence-corrected chi connectivity index (χ2v) is 10.5. The largest absolute Gasteiger partial charge is 0.339 e. The summed E-state index contributed by atoms with van der Waals surface area (Å²) in [5.41, 5.74) is 2.35. The molecular weight excluding hydrogens is 462 g/mol. The summed E-state index contributed by atoms with van der Waals surface area (Å²) in [7, 11) is 0. The Balaban J connectivity index is 1.12. The van der Waals surface area contributed by atoms with Crippen molar-refractivity contribution in [3.05, 3.63) is 82.9 Å². The fraction of sp³-hybridized carbons (Fsp3) is 0.393. The predicted molar refractivity (Wildman–Crippen MR) is 132 cm³/mol. The number of fused-ring (bicyclic) bond motifs is 5. The van der Waals surface area contributed by atoms with Gasteiger partial charge >= 0.3 is 0 Å². The van der Waals surface area contributed by atoms with Gasteiger partial charge in [0.05, 0.1) is 17.9 Å². The molecule has 2 saturated heterocycles. The molecule has 2 aromatic carbocycles. The highest BCUT2D eigenvalue weighted by Crippen LogP contribution is 2.52. The molecule has 6 rings (SSSR count). The first-order chi connectivity index (χ1) is 17.0. The Bertz CT molecular complexity index is 1140. The maximum Gasteiger partial charge on any atom is 0.242 e. The Morgan fingerprint density at radius 3 is 2.00 bits per heavy atom. The zero-order valence-electron chi connectivity index (χ0n) is 19.4. The fourth-order valence-corrected chi connectivity index (χ4v) is 6.61. The van der Waals surface area contributed by atoms with Crippen molar-refractivity contribution in [1.29, 1.82) is 0 Å². The second kappa shape index (κ2) is 8.92. The number of carbonyl (C=O) groups is 3. The summed E-state index contributed by atoms with van der Waals surface area (Å²) >= 11 is 6.13. The molecule has 35 heavy (non-hydrogen) atoms. The van der Waals surface area contributed by atoms with Crippen LogP contribution in [-0.2, 0) is 14.4 Å². The van der Waals surface area contributed by atoms with Crippen LogP contribution in [0.5, 0.6) is 0 Å². The fourth-order valence-electron chi connectivity index (χ4n) is 6.48. The number of imide groups is 1. The highest BCUT2D eigenvalue weighted by molar-refractivity contribution is 6.30. The third-order valence-electron chi connectivity index (χ3n) is 8.19. The monoisotopic (exact) mass is 489 g/mol. The number of carbonyl (C=O) groups excluding carboxylic acids is 3. The van der Waals surface area contributed by atoms with Crippen molar-refractivity contribution < 1.29 is 14.4 Å². The lowest BCUT2D eigenvalue weighted by atomic mass is 9.85. The molecule has 2 aliphatic heterocycles. The summed E-state index contributed by atoms with van der Waals surface area (Å²) in [6.45, 7) is 2.39. The molecule has 0 aromatic heterocycles. The number of piperazine rings is 1. The number of rotatable bonds is 5. The van der Waals surface area contributed by atoms with E-state index in [1.807, 2.05) is 30.3 Å². The van der Waals surface area contributed by atoms with Gasteiger partial charge in [-0.1, -0.05) is 66.2 Å². The van der Waals surface area contributed by atoms with E-state index in [2.05, 4.69) is 41.3 Å². The SMILES string of the molecule is O=C(CN1C(=O)C2C3C=CC(C3)C2C1=O)N1CCN(C(c2ccccc2)c2ccc(Cl)cc2)CC1. The number of hydrogen-bond donors (Lipinski definition) is 0. The summed E-state index contributed by atoms with van der Waals surface area (Å²) in [4.78, 5) is 44.5. The highest BCUT2D eigenvalue weighted by atomic mass is 35.5. The van der Waals surface area contributed by atoms with Gasteiger partial charge in [-0.3, -0.25) is 24.2 Å². The molecule has 3 fully saturated rings. The third-order valence-corrected chi connectivity index (χ3v) is 8.44. The van der Waals surface area contributed by atoms with Crippen LogP contribution in [0.15, 0.2) is 66.7 Å². The lowest BCUT2D eigenvalue weighted by Crippen LogP contribution is -2.52. The van der Waals surface area contributed by atoms with Crippen LogP contribution < -0.4 is 0 Å². The lowest BCUT2D eigenvalue weighted by Gasteiger charge is -2.40. The molecule has 2 aromatic rings. The minimum atomic E-state index is -0.256. The second-order valence-electron chi connectivity index (χ2n) is 10.0. The molecule has 180 valence electrons. The maximum atomic E-state index is 13.1. The van der Waals surface area contributed by atoms with Crippen LogP contribution in [-0.4, -0.2) is 65.1 Å². The van der Waals surface area contributed by atoms with Gasteiger partial charge in [-0.2, -0.15) is 0 Å². The topological polar surface area (TPSA) is 60.9 Å². The van der Waals surface area contributed by atoms with Crippen molar-refractivity contribution in [1.82, 2.24) is 14.7 Å². The van der Waals surface area contributed by atoms with Crippen molar-refractivity contribution in [2.24, 2.45) is 23.7 Å². The quantitative estimate of drug-likeness (QED) is 0.477. The van der Waals surface area contributed by atoms with Crippen LogP contribution in [0.1, 0.15) is 23.6 Å². The van der Waals surface area contributed by atoms with Crippen LogP contribution in [0.25, 0.3) is 0 Å². The Morgan fingerprint density at radius 2 is 1.40 bits per heavy atom. The Kier molecular flexibility index (Phi) is 5.73. The molecule has 4 aliphatic rings. The van der Waals surface area contributed by atoms with Gasteiger partial charge in [0, 0.05) is 31.2 Å². The van der Waals surface area contributed by atoms with Crippen LogP contribution in [0, 0.1) is 23.7 Å². The van der Waals surface area contributed by atoms with Crippen LogP contribution in [0.3, 0.4) is 0 Å². The molecule has 7 heteroatoms. The number of amides is 3. The first-order valence-electron chi connectivity index (χ1n) is 12.4. The van der Waals surface area contributed by atoms with E-state index in [1.54, 1.807) is 4.90 Å². The van der Waals surface area contributed by atoms with Gasteiger partial charge in [-0.25, -0.2) is 0 Å². The summed E-state index contributed by atoms with van der Waals surface area (Å²) < 4.78 is 0. The molecule has 2 heterocycles. The van der Waals surface area contributed by atoms with Crippen molar-refractivity contribution in [3.8, 4) is 0 Å². The third kappa shape index (κ3) is 3.89. The van der Waals surface area contributed by atoms with Crippen molar-refractivity contribution in [2.45, 2.75) is 12.5 Å². The first kappa shape index (κ1) is 22.5. The van der Waals surface area contributed by atoms with Crippen molar-refractivity contribution in [2.75, 3.05) is 32.7 Å². The first-order valence-corrected chi connectivity index (χ1v) is 12.7. The molecule has 0 spiro atoms. The number of halogens is 1. The molecule has 2 bridgehead atoms. The predicted octanol–water partition coefficient (Wildman–Crippen LogP) is 3.38. The summed E-state index contributed by atoms with van der Waals surface area (Å²) in [6, 6.07) is 18.3. The molecule has 3 amide bonds. The zero-order chi connectivity index (χ0) is 24.1. The zero-order valence-corrected chi connectivity index (χ0v) is 20.2. The van der Waals surface area contributed by atoms with Gasteiger partial charge in [0.25, 0.3) is 0 Å². The molecule has 1 saturated carbocycles. The molecule has 5 atom stereocenters. The summed E-state index contributed by atoms with van der Waals surface area (Å²) in [5, 5.41) is 0.704. The molecule has 0 N–H and O–H groups in total. The van der Waals surface area contributed by atoms with E-state index in [4.69, 9.17) is 11.6 Å². The van der Waals surface area contributed by atoms with Gasteiger partial charge in [0.2, 0.25) is 17.7 Å². The normalized spacial score (nSPS) is 28.6. The van der Waals surface area contributed by atoms with Crippen molar-refractivity contribution in [3.63, 3.8) is 0 Å². The maximum absolute atomic E-state index is 13.1. The van der Waals surface area contributed by atoms with Gasteiger partial charge in [0.1, 0.15) is 6.54 Å². The van der Waals surface area contributed by atoms with E-state index in [1.165, 1.54) is 10.5 Å². The lowest BCUT2D eigenvalue weighted by molar-refractivity contribution is -0.147. The highest BCUT2D eigenvalue weighted by Gasteiger charge is 2.59. The standard InChI is InChI=1S/C28H28ClN3O3/c29-22-10-8-19(9-11-22)26(18-4-2-1-3-5-18)31-14-12-30(13-15-31)23(33)17-32-27(34)24-20-6-7-21(16-20)25(24)28(32)35/h1-11,20-21,24-26H,12-17H2. The Hall–Kier alpha value is -2.96. The molecule has 2 aliphatic carbocycles. The van der Waals surface area contributed by atoms with E-state index in [9.17, 15) is 14.4 Å². The van der Waals surface area contributed by atoms with Gasteiger partial charge in [0.15, 0.2) is 0 Å². The number of hydrogen-bond acceptors (Lipinski definition) is 4. The summed E-state index contributed by atoms with van der Waals surface area (Å²) in [5.74, 6) is -0.650. The molecule has 0 radical (unpaired) electrons. The molecule has 6 nitrogen and oxygen atoms in total. The van der Waals surface area contributed by atoms with E-state index in [-0.39, 0.29) is 54.0 Å². The van der Waals surface area contributed by atoms with E-state index >= 15 is 0 Å². The minimum absolute atomic E-state index is 0.0646. The molecular formula is C28H28ClN3O3. The molecule has 5 unspecified atom stereocenters.